The summed E-state index contributed by atoms with van der Waals surface area (Å²) in [7, 11) is 0. The molecule has 3 nitrogen and oxygen atoms in total. The fraction of sp³-hybridized carbons (Fsp3) is 0.111. The lowest BCUT2D eigenvalue weighted by Crippen LogP contribution is -2.42. The van der Waals surface area contributed by atoms with Crippen LogP contribution in [0.25, 0.3) is 0 Å². The number of rotatable bonds is 4. The smallest absolute Gasteiger partial charge is 0.146 e. The van der Waals surface area contributed by atoms with Gasteiger partial charge in [0.15, 0.2) is 0 Å². The molecule has 1 aliphatic heterocycles. The van der Waals surface area contributed by atoms with Crippen molar-refractivity contribution in [2.75, 3.05) is 11.2 Å². The monoisotopic (exact) mass is 342 g/mol. The molecule has 0 N–H and O–H groups in total. The highest BCUT2D eigenvalue weighted by atomic mass is 35.5. The van der Waals surface area contributed by atoms with Crippen LogP contribution in [-0.2, 0) is 4.79 Å². The van der Waals surface area contributed by atoms with E-state index in [1.54, 1.807) is 24.0 Å². The molecule has 23 heavy (non-hydrogen) atoms. The maximum atomic E-state index is 11.5. The topological polar surface area (TPSA) is 32.7 Å². The third-order valence-corrected chi connectivity index (χ3v) is 4.59. The second-order valence-electron chi connectivity index (χ2n) is 5.00. The summed E-state index contributed by atoms with van der Waals surface area (Å²) in [5, 5.41) is 0.670. The molecule has 0 spiro atoms. The highest BCUT2D eigenvalue weighted by molar-refractivity contribution is 7.98. The van der Waals surface area contributed by atoms with Crippen LogP contribution in [0.5, 0.6) is 0 Å². The Labute approximate surface area is 144 Å². The Bertz CT molecular complexity index is 754. The van der Waals surface area contributed by atoms with Crippen LogP contribution in [0.1, 0.15) is 5.56 Å². The van der Waals surface area contributed by atoms with E-state index >= 15 is 0 Å². The predicted molar refractivity (Wildman–Crippen MR) is 97.7 cm³/mol. The van der Waals surface area contributed by atoms with Crippen LogP contribution in [0.15, 0.2) is 70.7 Å². The minimum Gasteiger partial charge on any atom is -0.312 e. The predicted octanol–water partition coefficient (Wildman–Crippen LogP) is 4.41. The van der Waals surface area contributed by atoms with Crippen LogP contribution in [0.2, 0.25) is 5.02 Å². The lowest BCUT2D eigenvalue weighted by molar-refractivity contribution is -0.108. The average Bonchev–Trinajstić information content (AvgIpc) is 2.62. The van der Waals surface area contributed by atoms with Crippen molar-refractivity contribution in [2.45, 2.75) is 10.9 Å². The number of thioether (sulfide) groups is 1. The zero-order valence-electron chi connectivity index (χ0n) is 12.5. The zero-order chi connectivity index (χ0) is 16.2. The van der Waals surface area contributed by atoms with Crippen molar-refractivity contribution >= 4 is 41.2 Å². The Morgan fingerprint density at radius 2 is 1.83 bits per heavy atom. The molecule has 116 valence electrons. The van der Waals surface area contributed by atoms with E-state index in [1.807, 2.05) is 59.7 Å². The first-order valence-electron chi connectivity index (χ1n) is 7.12. The first kappa shape index (κ1) is 15.8. The number of aliphatic imine (C=N–C) groups is 1. The molecule has 1 unspecified atom stereocenters. The van der Waals surface area contributed by atoms with Gasteiger partial charge in [0, 0.05) is 27.4 Å². The standard InChI is InChI=1S/C18H15ClN2OS/c1-23-17-8-6-15(7-9-17)21-16(12-22)10-11-20-18(21)13-2-4-14(19)5-3-13/h2-12,16H,1H3. The van der Waals surface area contributed by atoms with Crippen molar-refractivity contribution in [3.8, 4) is 0 Å². The van der Waals surface area contributed by atoms with E-state index < -0.39 is 0 Å². The molecule has 0 aromatic heterocycles. The largest absolute Gasteiger partial charge is 0.312 e. The van der Waals surface area contributed by atoms with Gasteiger partial charge in [-0.3, -0.25) is 0 Å². The second kappa shape index (κ2) is 7.02. The number of aldehydes is 1. The summed E-state index contributed by atoms with van der Waals surface area (Å²) >= 11 is 7.65. The Balaban J connectivity index is 2.04. The van der Waals surface area contributed by atoms with E-state index in [-0.39, 0.29) is 6.04 Å². The number of nitrogens with zero attached hydrogens (tertiary/aromatic N) is 2. The Hall–Kier alpha value is -2.04. The maximum absolute atomic E-state index is 11.5. The molecule has 0 bridgehead atoms. The van der Waals surface area contributed by atoms with Crippen LogP contribution in [0.3, 0.4) is 0 Å². The van der Waals surface area contributed by atoms with Gasteiger partial charge in [0.25, 0.3) is 0 Å². The first-order chi connectivity index (χ1) is 11.2. The van der Waals surface area contributed by atoms with E-state index in [0.717, 1.165) is 23.4 Å². The fourth-order valence-corrected chi connectivity index (χ4v) is 2.98. The van der Waals surface area contributed by atoms with Crippen LogP contribution >= 0.6 is 23.4 Å². The molecule has 1 heterocycles. The van der Waals surface area contributed by atoms with Crippen LogP contribution in [-0.4, -0.2) is 24.4 Å². The fourth-order valence-electron chi connectivity index (χ4n) is 2.45. The van der Waals surface area contributed by atoms with E-state index in [4.69, 9.17) is 11.6 Å². The SMILES string of the molecule is CSc1ccc(N2C(c3ccc(Cl)cc3)=NC=CC2C=O)cc1. The molecule has 1 atom stereocenters. The lowest BCUT2D eigenvalue weighted by atomic mass is 10.1. The van der Waals surface area contributed by atoms with Gasteiger partial charge in [-0.2, -0.15) is 0 Å². The molecule has 5 heteroatoms. The summed E-state index contributed by atoms with van der Waals surface area (Å²) in [4.78, 5) is 19.1. The molecule has 1 aliphatic rings. The van der Waals surface area contributed by atoms with Crippen molar-refractivity contribution in [3.63, 3.8) is 0 Å². The van der Waals surface area contributed by atoms with E-state index in [0.29, 0.717) is 5.02 Å². The van der Waals surface area contributed by atoms with Crippen molar-refractivity contribution in [2.24, 2.45) is 4.99 Å². The van der Waals surface area contributed by atoms with Gasteiger partial charge in [-0.05, 0) is 60.9 Å². The molecule has 2 aromatic rings. The summed E-state index contributed by atoms with van der Waals surface area (Å²) < 4.78 is 0. The number of benzene rings is 2. The first-order valence-corrected chi connectivity index (χ1v) is 8.72. The number of amidine groups is 1. The minimum atomic E-state index is -0.377. The second-order valence-corrected chi connectivity index (χ2v) is 6.31. The summed E-state index contributed by atoms with van der Waals surface area (Å²) in [6.45, 7) is 0. The number of anilines is 1. The van der Waals surface area contributed by atoms with Crippen molar-refractivity contribution in [1.82, 2.24) is 0 Å². The molecule has 2 aromatic carbocycles. The van der Waals surface area contributed by atoms with Gasteiger partial charge < -0.3 is 9.69 Å². The molecule has 0 saturated carbocycles. The van der Waals surface area contributed by atoms with Gasteiger partial charge >= 0.3 is 0 Å². The van der Waals surface area contributed by atoms with Gasteiger partial charge in [0.2, 0.25) is 0 Å². The van der Waals surface area contributed by atoms with Gasteiger partial charge in [-0.25, -0.2) is 4.99 Å². The number of carbonyl (C=O) groups is 1. The Morgan fingerprint density at radius 1 is 1.13 bits per heavy atom. The van der Waals surface area contributed by atoms with Crippen LogP contribution in [0, 0.1) is 0 Å². The molecular formula is C18H15ClN2OS. The highest BCUT2D eigenvalue weighted by Gasteiger charge is 2.25. The minimum absolute atomic E-state index is 0.377. The molecule has 3 rings (SSSR count). The van der Waals surface area contributed by atoms with E-state index in [1.165, 1.54) is 4.90 Å². The molecule has 0 aliphatic carbocycles. The summed E-state index contributed by atoms with van der Waals surface area (Å²) in [6, 6.07) is 15.2. The highest BCUT2D eigenvalue weighted by Crippen LogP contribution is 2.26. The maximum Gasteiger partial charge on any atom is 0.146 e. The normalized spacial score (nSPS) is 17.0. The number of carbonyl (C=O) groups excluding carboxylic acids is 1. The summed E-state index contributed by atoms with van der Waals surface area (Å²) in [5.41, 5.74) is 1.84. The Kier molecular flexibility index (Phi) is 4.84. The number of hydrogen-bond acceptors (Lipinski definition) is 4. The van der Waals surface area contributed by atoms with E-state index in [2.05, 4.69) is 4.99 Å². The van der Waals surface area contributed by atoms with Crippen molar-refractivity contribution < 1.29 is 4.79 Å². The van der Waals surface area contributed by atoms with Crippen molar-refractivity contribution in [1.29, 1.82) is 0 Å². The third-order valence-electron chi connectivity index (χ3n) is 3.60. The van der Waals surface area contributed by atoms with Crippen molar-refractivity contribution in [3.05, 3.63) is 71.4 Å². The van der Waals surface area contributed by atoms with Gasteiger partial charge in [0.05, 0.1) is 0 Å². The van der Waals surface area contributed by atoms with E-state index in [9.17, 15) is 4.79 Å². The van der Waals surface area contributed by atoms with Gasteiger partial charge in [-0.15, -0.1) is 11.8 Å². The van der Waals surface area contributed by atoms with Gasteiger partial charge in [0.1, 0.15) is 18.2 Å². The molecule has 0 fully saturated rings. The number of hydrogen-bond donors (Lipinski definition) is 0. The molecule has 0 amide bonds. The van der Waals surface area contributed by atoms with Gasteiger partial charge in [-0.1, -0.05) is 11.6 Å². The molecular weight excluding hydrogens is 328 g/mol. The lowest BCUT2D eigenvalue weighted by Gasteiger charge is -2.31. The van der Waals surface area contributed by atoms with Crippen LogP contribution in [0.4, 0.5) is 5.69 Å². The quantitative estimate of drug-likeness (QED) is 0.609. The average molecular weight is 343 g/mol. The number of halogens is 1. The molecule has 0 saturated heterocycles. The summed E-state index contributed by atoms with van der Waals surface area (Å²) in [6.07, 6.45) is 6.42. The third kappa shape index (κ3) is 3.33. The Morgan fingerprint density at radius 3 is 2.43 bits per heavy atom. The zero-order valence-corrected chi connectivity index (χ0v) is 14.1. The summed E-state index contributed by atoms with van der Waals surface area (Å²) in [5.74, 6) is 0.734. The van der Waals surface area contributed by atoms with Crippen LogP contribution < -0.4 is 4.90 Å². The molecule has 0 radical (unpaired) electrons.